The van der Waals surface area contributed by atoms with Crippen LogP contribution in [-0.2, 0) is 4.79 Å². The lowest BCUT2D eigenvalue weighted by atomic mass is 10.2. The molecule has 0 bridgehead atoms. The second-order valence-corrected chi connectivity index (χ2v) is 4.97. The summed E-state index contributed by atoms with van der Waals surface area (Å²) in [5.41, 5.74) is 0. The van der Waals surface area contributed by atoms with Crippen LogP contribution in [0.4, 0.5) is 0 Å². The van der Waals surface area contributed by atoms with Crippen LogP contribution in [-0.4, -0.2) is 61.0 Å². The molecule has 1 atom stereocenters. The molecule has 18 heavy (non-hydrogen) atoms. The molecule has 1 rings (SSSR count). The lowest BCUT2D eigenvalue weighted by Crippen LogP contribution is -2.52. The van der Waals surface area contributed by atoms with E-state index in [0.29, 0.717) is 18.5 Å². The van der Waals surface area contributed by atoms with Gasteiger partial charge in [-0.3, -0.25) is 9.69 Å². The molecule has 0 aliphatic carbocycles. The lowest BCUT2D eigenvalue weighted by molar-refractivity contribution is -0.132. The van der Waals surface area contributed by atoms with E-state index in [4.69, 9.17) is 0 Å². The van der Waals surface area contributed by atoms with Gasteiger partial charge in [-0.1, -0.05) is 13.8 Å². The Hall–Kier alpha value is -0.320. The fourth-order valence-electron chi connectivity index (χ4n) is 2.35. The van der Waals surface area contributed by atoms with Gasteiger partial charge in [0.1, 0.15) is 0 Å². The predicted octanol–water partition coefficient (Wildman–Crippen LogP) is 1.35. The lowest BCUT2D eigenvalue weighted by Gasteiger charge is -2.33. The summed E-state index contributed by atoms with van der Waals surface area (Å²) in [5.74, 6) is 0.294. The summed E-state index contributed by atoms with van der Waals surface area (Å²) in [6, 6.07) is 0.502. The normalized spacial score (nSPS) is 20.3. The SMILES string of the molecule is CCCN(CCC)C(=O)CN1CCNC(C)C1.Cl. The fourth-order valence-corrected chi connectivity index (χ4v) is 2.35. The highest BCUT2D eigenvalue weighted by Gasteiger charge is 2.20. The van der Waals surface area contributed by atoms with Crippen molar-refractivity contribution in [2.45, 2.75) is 39.7 Å². The number of rotatable bonds is 6. The van der Waals surface area contributed by atoms with E-state index in [1.54, 1.807) is 0 Å². The molecule has 0 radical (unpaired) electrons. The molecule has 1 amide bonds. The van der Waals surface area contributed by atoms with E-state index in [-0.39, 0.29) is 12.4 Å². The number of carbonyl (C=O) groups is 1. The monoisotopic (exact) mass is 277 g/mol. The molecule has 1 saturated heterocycles. The molecular formula is C13H28ClN3O. The van der Waals surface area contributed by atoms with E-state index in [9.17, 15) is 4.79 Å². The van der Waals surface area contributed by atoms with Crippen LogP contribution < -0.4 is 5.32 Å². The summed E-state index contributed by atoms with van der Waals surface area (Å²) in [7, 11) is 0. The number of carbonyl (C=O) groups excluding carboxylic acids is 1. The smallest absolute Gasteiger partial charge is 0.236 e. The Labute approximate surface area is 117 Å². The zero-order chi connectivity index (χ0) is 12.7. The molecule has 1 N–H and O–H groups in total. The molecule has 0 spiro atoms. The minimum Gasteiger partial charge on any atom is -0.342 e. The van der Waals surface area contributed by atoms with Crippen LogP contribution >= 0.6 is 12.4 Å². The molecule has 1 unspecified atom stereocenters. The van der Waals surface area contributed by atoms with Crippen molar-refractivity contribution in [1.29, 1.82) is 0 Å². The number of halogens is 1. The molecule has 0 aromatic heterocycles. The Morgan fingerprint density at radius 2 is 1.94 bits per heavy atom. The minimum atomic E-state index is 0. The van der Waals surface area contributed by atoms with Crippen LogP contribution in [0.25, 0.3) is 0 Å². The highest BCUT2D eigenvalue weighted by Crippen LogP contribution is 2.02. The molecule has 4 nitrogen and oxygen atoms in total. The molecule has 108 valence electrons. The first-order valence-electron chi connectivity index (χ1n) is 6.90. The molecule has 1 aliphatic rings. The van der Waals surface area contributed by atoms with Gasteiger partial charge in [-0.2, -0.15) is 0 Å². The highest BCUT2D eigenvalue weighted by atomic mass is 35.5. The van der Waals surface area contributed by atoms with Gasteiger partial charge in [0.15, 0.2) is 0 Å². The van der Waals surface area contributed by atoms with Gasteiger partial charge in [-0.15, -0.1) is 12.4 Å². The van der Waals surface area contributed by atoms with Gasteiger partial charge in [0.25, 0.3) is 0 Å². The van der Waals surface area contributed by atoms with Gasteiger partial charge in [-0.05, 0) is 19.8 Å². The summed E-state index contributed by atoms with van der Waals surface area (Å²) in [6.07, 6.45) is 2.09. The summed E-state index contributed by atoms with van der Waals surface area (Å²) in [5, 5.41) is 3.40. The van der Waals surface area contributed by atoms with E-state index >= 15 is 0 Å². The van der Waals surface area contributed by atoms with Crippen LogP contribution in [0.2, 0.25) is 0 Å². The molecular weight excluding hydrogens is 250 g/mol. The Balaban J connectivity index is 0.00000289. The van der Waals surface area contributed by atoms with Gasteiger partial charge in [0, 0.05) is 38.8 Å². The molecule has 0 saturated carbocycles. The largest absolute Gasteiger partial charge is 0.342 e. The summed E-state index contributed by atoms with van der Waals surface area (Å²) < 4.78 is 0. The first-order chi connectivity index (χ1) is 8.17. The van der Waals surface area contributed by atoms with Crippen molar-refractivity contribution in [2.75, 3.05) is 39.3 Å². The Bertz CT molecular complexity index is 232. The Morgan fingerprint density at radius 1 is 1.33 bits per heavy atom. The van der Waals surface area contributed by atoms with Crippen molar-refractivity contribution >= 4 is 18.3 Å². The number of hydrogen-bond acceptors (Lipinski definition) is 3. The van der Waals surface area contributed by atoms with Crippen LogP contribution in [0.3, 0.4) is 0 Å². The number of nitrogens with one attached hydrogen (secondary N) is 1. The first-order valence-corrected chi connectivity index (χ1v) is 6.90. The van der Waals surface area contributed by atoms with E-state index in [2.05, 4.69) is 31.0 Å². The topological polar surface area (TPSA) is 35.6 Å². The zero-order valence-corrected chi connectivity index (χ0v) is 12.8. The van der Waals surface area contributed by atoms with Gasteiger partial charge in [0.05, 0.1) is 6.54 Å². The third-order valence-electron chi connectivity index (χ3n) is 3.15. The molecule has 0 aromatic carbocycles. The van der Waals surface area contributed by atoms with Crippen LogP contribution in [0, 0.1) is 0 Å². The summed E-state index contributed by atoms with van der Waals surface area (Å²) in [6.45, 7) is 11.8. The van der Waals surface area contributed by atoms with Gasteiger partial charge in [0.2, 0.25) is 5.91 Å². The Morgan fingerprint density at radius 3 is 2.44 bits per heavy atom. The van der Waals surface area contributed by atoms with Crippen molar-refractivity contribution in [1.82, 2.24) is 15.1 Å². The van der Waals surface area contributed by atoms with Crippen molar-refractivity contribution in [3.05, 3.63) is 0 Å². The molecule has 0 aromatic rings. The molecule has 5 heteroatoms. The zero-order valence-electron chi connectivity index (χ0n) is 11.9. The maximum atomic E-state index is 12.2. The van der Waals surface area contributed by atoms with Gasteiger partial charge in [-0.25, -0.2) is 0 Å². The third kappa shape index (κ3) is 6.03. The summed E-state index contributed by atoms with van der Waals surface area (Å²) >= 11 is 0. The third-order valence-corrected chi connectivity index (χ3v) is 3.15. The molecule has 1 fully saturated rings. The fraction of sp³-hybridized carbons (Fsp3) is 0.923. The van der Waals surface area contributed by atoms with E-state index in [1.165, 1.54) is 0 Å². The standard InChI is InChI=1S/C13H27N3O.ClH/c1-4-7-16(8-5-2)13(17)11-15-9-6-14-12(3)10-15;/h12,14H,4-11H2,1-3H3;1H. The second kappa shape index (κ2) is 9.59. The highest BCUT2D eigenvalue weighted by molar-refractivity contribution is 5.85. The number of nitrogens with zero attached hydrogens (tertiary/aromatic N) is 2. The van der Waals surface area contributed by atoms with Crippen molar-refractivity contribution in [3.8, 4) is 0 Å². The van der Waals surface area contributed by atoms with Gasteiger partial charge < -0.3 is 10.2 Å². The van der Waals surface area contributed by atoms with Crippen LogP contribution in [0.5, 0.6) is 0 Å². The summed E-state index contributed by atoms with van der Waals surface area (Å²) in [4.78, 5) is 16.4. The Kier molecular flexibility index (Phi) is 9.42. The first kappa shape index (κ1) is 17.7. The second-order valence-electron chi connectivity index (χ2n) is 4.97. The number of amides is 1. The molecule has 1 heterocycles. The predicted molar refractivity (Wildman–Crippen MR) is 78.3 cm³/mol. The van der Waals surface area contributed by atoms with E-state index in [0.717, 1.165) is 45.6 Å². The van der Waals surface area contributed by atoms with E-state index in [1.807, 2.05) is 4.90 Å². The van der Waals surface area contributed by atoms with E-state index < -0.39 is 0 Å². The molecule has 1 aliphatic heterocycles. The maximum Gasteiger partial charge on any atom is 0.236 e. The average molecular weight is 278 g/mol. The van der Waals surface area contributed by atoms with Crippen molar-refractivity contribution < 1.29 is 4.79 Å². The average Bonchev–Trinajstić information content (AvgIpc) is 2.28. The van der Waals surface area contributed by atoms with Crippen LogP contribution in [0.15, 0.2) is 0 Å². The number of piperazine rings is 1. The number of hydrogen-bond donors (Lipinski definition) is 1. The van der Waals surface area contributed by atoms with Crippen molar-refractivity contribution in [3.63, 3.8) is 0 Å². The van der Waals surface area contributed by atoms with Crippen LogP contribution in [0.1, 0.15) is 33.6 Å². The van der Waals surface area contributed by atoms with Gasteiger partial charge >= 0.3 is 0 Å². The quantitative estimate of drug-likeness (QED) is 0.796. The maximum absolute atomic E-state index is 12.2. The van der Waals surface area contributed by atoms with Crippen molar-refractivity contribution in [2.24, 2.45) is 0 Å². The minimum absolute atomic E-state index is 0.